The van der Waals surface area contributed by atoms with E-state index >= 15 is 0 Å². The quantitative estimate of drug-likeness (QED) is 0.147. The number of hydrogen-bond donors (Lipinski definition) is 1. The van der Waals surface area contributed by atoms with Gasteiger partial charge in [-0.1, -0.05) is 18.2 Å². The van der Waals surface area contributed by atoms with Gasteiger partial charge in [-0.15, -0.1) is 0 Å². The Morgan fingerprint density at radius 1 is 0.880 bits per heavy atom. The number of nitrogens with one attached hydrogen (secondary N) is 1. The molecule has 1 aliphatic rings. The van der Waals surface area contributed by atoms with Gasteiger partial charge in [0.2, 0.25) is 5.88 Å². The van der Waals surface area contributed by atoms with Gasteiger partial charge in [-0.05, 0) is 55.7 Å². The molecule has 1 amide bonds. The molecule has 1 aliphatic heterocycles. The van der Waals surface area contributed by atoms with Gasteiger partial charge < -0.3 is 29.0 Å². The molecule has 15 heteroatoms. The third-order valence-electron chi connectivity index (χ3n) is 8.01. The number of carbonyl (C=O) groups is 1. The maximum absolute atomic E-state index is 14.5. The lowest BCUT2D eigenvalue weighted by Crippen LogP contribution is -2.26. The van der Waals surface area contributed by atoms with Gasteiger partial charge >= 0.3 is 6.18 Å². The number of anilines is 1. The number of alkyl halides is 3. The minimum atomic E-state index is -4.88. The third-order valence-corrected chi connectivity index (χ3v) is 8.01. The number of carbonyl (C=O) groups excluding carboxylic acids is 1. The average molecular weight is 694 g/mol. The highest BCUT2D eigenvalue weighted by Gasteiger charge is 2.36. The van der Waals surface area contributed by atoms with Gasteiger partial charge in [-0.2, -0.15) is 13.2 Å². The number of ether oxygens (including phenoxy) is 5. The summed E-state index contributed by atoms with van der Waals surface area (Å²) in [4.78, 5) is 35.5. The van der Waals surface area contributed by atoms with Crippen molar-refractivity contribution < 1.29 is 41.7 Å². The molecule has 3 aromatic carbocycles. The molecule has 0 aliphatic carbocycles. The summed E-state index contributed by atoms with van der Waals surface area (Å²) in [5, 5.41) is 2.77. The van der Waals surface area contributed by atoms with Gasteiger partial charge in [-0.25, -0.2) is 14.6 Å². The van der Waals surface area contributed by atoms with Crippen LogP contribution in [0, 0.1) is 0 Å². The first-order valence-corrected chi connectivity index (χ1v) is 15.8. The Kier molecular flexibility index (Phi) is 10.3. The number of para-hydroxylation sites is 1. The van der Waals surface area contributed by atoms with Crippen LogP contribution in [0.4, 0.5) is 18.9 Å². The predicted molar refractivity (Wildman–Crippen MR) is 177 cm³/mol. The molecule has 1 N–H and O–H groups in total. The Balaban J connectivity index is 1.32. The largest absolute Gasteiger partial charge is 0.487 e. The number of benzene rings is 3. The Morgan fingerprint density at radius 3 is 2.30 bits per heavy atom. The SMILES string of the molecule is COCCOc1cc2ncnc(Oc3ccc(NC(=O)c4c5n(n(-c6ccccc6)c4=O)CCCC5)cc3C(F)(F)F)c2cc1OCCOC. The highest BCUT2D eigenvalue weighted by atomic mass is 19.4. The van der Waals surface area contributed by atoms with E-state index in [4.69, 9.17) is 23.7 Å². The minimum Gasteiger partial charge on any atom is -0.487 e. The van der Waals surface area contributed by atoms with Gasteiger partial charge in [0.1, 0.15) is 36.4 Å². The second kappa shape index (κ2) is 15.0. The van der Waals surface area contributed by atoms with Crippen molar-refractivity contribution in [3.05, 3.63) is 94.2 Å². The van der Waals surface area contributed by atoms with Crippen LogP contribution in [-0.2, 0) is 28.6 Å². The molecule has 0 bridgehead atoms. The molecule has 0 spiro atoms. The van der Waals surface area contributed by atoms with Crippen LogP contribution in [0.3, 0.4) is 0 Å². The fourth-order valence-electron chi connectivity index (χ4n) is 5.72. The van der Waals surface area contributed by atoms with Gasteiger partial charge in [0.25, 0.3) is 11.5 Å². The van der Waals surface area contributed by atoms with E-state index in [1.807, 2.05) is 6.07 Å². The van der Waals surface area contributed by atoms with Gasteiger partial charge in [0, 0.05) is 32.5 Å². The number of fused-ring (bicyclic) bond motifs is 2. The van der Waals surface area contributed by atoms with Crippen molar-refractivity contribution in [1.82, 2.24) is 19.3 Å². The molecule has 0 saturated carbocycles. The van der Waals surface area contributed by atoms with Gasteiger partial charge in [0.05, 0.1) is 35.5 Å². The monoisotopic (exact) mass is 693 g/mol. The zero-order valence-electron chi connectivity index (χ0n) is 27.3. The van der Waals surface area contributed by atoms with Crippen LogP contribution in [0.25, 0.3) is 16.6 Å². The van der Waals surface area contributed by atoms with E-state index in [1.54, 1.807) is 35.0 Å². The van der Waals surface area contributed by atoms with Crippen LogP contribution in [0.1, 0.15) is 34.5 Å². The summed E-state index contributed by atoms with van der Waals surface area (Å²) in [6, 6.07) is 15.1. The second-order valence-corrected chi connectivity index (χ2v) is 11.3. The topological polar surface area (TPSA) is 128 Å². The lowest BCUT2D eigenvalue weighted by molar-refractivity contribution is -0.138. The van der Waals surface area contributed by atoms with Gasteiger partial charge in [0.15, 0.2) is 11.5 Å². The number of aromatic nitrogens is 4. The van der Waals surface area contributed by atoms with Crippen molar-refractivity contribution in [2.45, 2.75) is 32.0 Å². The third kappa shape index (κ3) is 7.28. The maximum atomic E-state index is 14.5. The molecule has 0 atom stereocenters. The molecule has 262 valence electrons. The van der Waals surface area contributed by atoms with Crippen molar-refractivity contribution in [2.75, 3.05) is 46.0 Å². The number of rotatable bonds is 13. The molecular weight excluding hydrogens is 659 g/mol. The van der Waals surface area contributed by atoms with Crippen molar-refractivity contribution in [2.24, 2.45) is 0 Å². The van der Waals surface area contributed by atoms with Gasteiger partial charge in [-0.3, -0.25) is 14.3 Å². The van der Waals surface area contributed by atoms with E-state index in [0.717, 1.165) is 31.3 Å². The number of hydrogen-bond acceptors (Lipinski definition) is 9. The Morgan fingerprint density at radius 2 is 1.60 bits per heavy atom. The van der Waals surface area contributed by atoms with E-state index in [1.165, 1.54) is 31.0 Å². The number of amides is 1. The fourth-order valence-corrected chi connectivity index (χ4v) is 5.72. The van der Waals surface area contributed by atoms with Crippen LogP contribution >= 0.6 is 0 Å². The Bertz CT molecular complexity index is 2050. The van der Waals surface area contributed by atoms with Crippen molar-refractivity contribution in [3.8, 4) is 28.8 Å². The standard InChI is InChI=1S/C35H34F3N5O7/c1-46-14-16-48-29-19-24-26(20-30(29)49-17-15-47-2)39-21-40-33(24)50-28-12-11-22(18-25(28)35(36,37)38)41-32(44)31-27-10-6-7-13-42(27)43(34(31)45)23-8-4-3-5-9-23/h3-5,8-9,11-12,18-21H,6-7,10,13-17H2,1-2H3,(H,41,44). The summed E-state index contributed by atoms with van der Waals surface area (Å²) in [7, 11) is 3.05. The van der Waals surface area contributed by atoms with Crippen LogP contribution < -0.4 is 25.1 Å². The highest BCUT2D eigenvalue weighted by molar-refractivity contribution is 6.05. The van der Waals surface area contributed by atoms with Crippen LogP contribution in [0.5, 0.6) is 23.1 Å². The Hall–Kier alpha value is -5.41. The summed E-state index contributed by atoms with van der Waals surface area (Å²) in [5.74, 6) is -0.918. The molecule has 0 saturated heterocycles. The number of methoxy groups -OCH3 is 2. The molecule has 0 fully saturated rings. The summed E-state index contributed by atoms with van der Waals surface area (Å²) in [6.07, 6.45) is -1.66. The minimum absolute atomic E-state index is 0.107. The lowest BCUT2D eigenvalue weighted by atomic mass is 10.1. The average Bonchev–Trinajstić information content (AvgIpc) is 3.41. The molecule has 0 unspecified atom stereocenters. The van der Waals surface area contributed by atoms with Crippen molar-refractivity contribution >= 4 is 22.5 Å². The molecule has 0 radical (unpaired) electrons. The lowest BCUT2D eigenvalue weighted by Gasteiger charge is -2.19. The van der Waals surface area contributed by atoms with Crippen LogP contribution in [-0.4, -0.2) is 65.9 Å². The molecule has 6 rings (SSSR count). The van der Waals surface area contributed by atoms with E-state index in [-0.39, 0.29) is 48.1 Å². The van der Waals surface area contributed by atoms with E-state index in [9.17, 15) is 22.8 Å². The molecule has 3 heterocycles. The first-order chi connectivity index (χ1) is 24.2. The Labute approximate surface area is 284 Å². The zero-order valence-corrected chi connectivity index (χ0v) is 27.3. The molecular formula is C35H34F3N5O7. The van der Waals surface area contributed by atoms with Crippen molar-refractivity contribution in [3.63, 3.8) is 0 Å². The molecule has 2 aromatic heterocycles. The molecule has 12 nitrogen and oxygen atoms in total. The van der Waals surface area contributed by atoms with Crippen LogP contribution in [0.15, 0.2) is 71.8 Å². The second-order valence-electron chi connectivity index (χ2n) is 11.3. The normalized spacial score (nSPS) is 12.8. The predicted octanol–water partition coefficient (Wildman–Crippen LogP) is 6.03. The van der Waals surface area contributed by atoms with Crippen molar-refractivity contribution in [1.29, 1.82) is 0 Å². The summed E-state index contributed by atoms with van der Waals surface area (Å²) < 4.78 is 74.1. The summed E-state index contributed by atoms with van der Waals surface area (Å²) in [6.45, 7) is 1.50. The molecule has 5 aromatic rings. The maximum Gasteiger partial charge on any atom is 0.420 e. The summed E-state index contributed by atoms with van der Waals surface area (Å²) >= 11 is 0. The highest BCUT2D eigenvalue weighted by Crippen LogP contribution is 2.42. The number of nitrogens with zero attached hydrogens (tertiary/aromatic N) is 4. The smallest absolute Gasteiger partial charge is 0.420 e. The van der Waals surface area contributed by atoms with E-state index < -0.39 is 29.0 Å². The zero-order chi connectivity index (χ0) is 35.3. The fraction of sp³-hybridized carbons (Fsp3) is 0.314. The van der Waals surface area contributed by atoms with E-state index in [0.29, 0.717) is 42.2 Å². The summed E-state index contributed by atoms with van der Waals surface area (Å²) in [5.41, 5.74) is -0.544. The number of halogens is 3. The van der Waals surface area contributed by atoms with E-state index in [2.05, 4.69) is 15.3 Å². The molecule has 50 heavy (non-hydrogen) atoms. The first-order valence-electron chi connectivity index (χ1n) is 15.8. The van der Waals surface area contributed by atoms with Crippen LogP contribution in [0.2, 0.25) is 0 Å². The first kappa shape index (κ1) is 34.5.